The monoisotopic (exact) mass is 536 g/mol. The van der Waals surface area contributed by atoms with Crippen molar-refractivity contribution in [2.75, 3.05) is 0 Å². The maximum Gasteiger partial charge on any atom is 0.0159 e. The van der Waals surface area contributed by atoms with Crippen molar-refractivity contribution in [3.05, 3.63) is 144 Å². The molecule has 0 bridgehead atoms. The molecule has 9 rings (SSSR count). The van der Waals surface area contributed by atoms with Gasteiger partial charge in [-0.15, -0.1) is 0 Å². The van der Waals surface area contributed by atoms with Gasteiger partial charge in [0.15, 0.2) is 0 Å². The van der Waals surface area contributed by atoms with E-state index < -0.39 is 0 Å². The molecule has 42 heavy (non-hydrogen) atoms. The highest BCUT2D eigenvalue weighted by molar-refractivity contribution is 6.18. The minimum absolute atomic E-state index is 0.00590. The van der Waals surface area contributed by atoms with Crippen LogP contribution < -0.4 is 0 Å². The van der Waals surface area contributed by atoms with Gasteiger partial charge in [0.1, 0.15) is 0 Å². The third-order valence-corrected chi connectivity index (χ3v) is 10.5. The van der Waals surface area contributed by atoms with E-state index in [1.807, 2.05) is 0 Å². The summed E-state index contributed by atoms with van der Waals surface area (Å²) in [5.74, 6) is 0. The van der Waals surface area contributed by atoms with E-state index in [1.165, 1.54) is 88.0 Å². The molecule has 0 fully saturated rings. The van der Waals surface area contributed by atoms with Crippen molar-refractivity contribution in [2.45, 2.75) is 38.5 Å². The molecule has 0 amide bonds. The first-order chi connectivity index (χ1) is 20.3. The van der Waals surface area contributed by atoms with E-state index in [-0.39, 0.29) is 10.8 Å². The molecular weight excluding hydrogens is 504 g/mol. The molecule has 0 heteroatoms. The number of benzene rings is 7. The highest BCUT2D eigenvalue weighted by Gasteiger charge is 2.36. The third kappa shape index (κ3) is 3.02. The van der Waals surface area contributed by atoms with Crippen molar-refractivity contribution in [1.29, 1.82) is 0 Å². The first-order valence-corrected chi connectivity index (χ1v) is 15.1. The minimum Gasteiger partial charge on any atom is -0.0619 e. The van der Waals surface area contributed by atoms with Crippen LogP contribution in [0.15, 0.2) is 121 Å². The fraction of sp³-hybridized carbons (Fsp3) is 0.143. The minimum atomic E-state index is 0.00590. The highest BCUT2D eigenvalue weighted by Crippen LogP contribution is 2.51. The normalized spacial score (nSPS) is 15.5. The van der Waals surface area contributed by atoms with E-state index in [2.05, 4.69) is 149 Å². The SMILES string of the molecule is CC1(C)c2ccccc2-c2ccc(-c3ccc4c(ccc5c6cc7c(cc6ccc45)C(C)(C)c4ccccc4-7)c3)cc21. The van der Waals surface area contributed by atoms with Crippen LogP contribution in [0.5, 0.6) is 0 Å². The van der Waals surface area contributed by atoms with E-state index >= 15 is 0 Å². The van der Waals surface area contributed by atoms with Gasteiger partial charge >= 0.3 is 0 Å². The van der Waals surface area contributed by atoms with E-state index in [0.29, 0.717) is 0 Å². The summed E-state index contributed by atoms with van der Waals surface area (Å²) < 4.78 is 0. The zero-order chi connectivity index (χ0) is 28.4. The molecule has 7 aromatic rings. The Balaban J connectivity index is 1.19. The quantitative estimate of drug-likeness (QED) is 0.183. The maximum absolute atomic E-state index is 2.45. The van der Waals surface area contributed by atoms with Crippen molar-refractivity contribution < 1.29 is 0 Å². The van der Waals surface area contributed by atoms with Crippen LogP contribution in [0.1, 0.15) is 49.9 Å². The lowest BCUT2D eigenvalue weighted by Gasteiger charge is -2.22. The second kappa shape index (κ2) is 7.99. The van der Waals surface area contributed by atoms with Gasteiger partial charge in [-0.05, 0) is 112 Å². The first kappa shape index (κ1) is 24.0. The van der Waals surface area contributed by atoms with Crippen molar-refractivity contribution in [3.8, 4) is 33.4 Å². The van der Waals surface area contributed by atoms with Crippen molar-refractivity contribution in [1.82, 2.24) is 0 Å². The van der Waals surface area contributed by atoms with Gasteiger partial charge in [-0.2, -0.15) is 0 Å². The van der Waals surface area contributed by atoms with E-state index in [0.717, 1.165) is 0 Å². The molecule has 7 aromatic carbocycles. The van der Waals surface area contributed by atoms with E-state index in [1.54, 1.807) is 0 Å². The van der Waals surface area contributed by atoms with Crippen LogP contribution >= 0.6 is 0 Å². The summed E-state index contributed by atoms with van der Waals surface area (Å²) in [6.45, 7) is 9.42. The lowest BCUT2D eigenvalue weighted by Crippen LogP contribution is -2.14. The first-order valence-electron chi connectivity index (χ1n) is 15.1. The Bertz CT molecular complexity index is 2290. The van der Waals surface area contributed by atoms with Crippen LogP contribution in [-0.2, 0) is 10.8 Å². The molecule has 0 aromatic heterocycles. The standard InChI is InChI=1S/C42H32/c1-41(2)37-11-7-5-9-32(37)34-20-14-26(22-39(34)41)25-13-17-29-27(21-25)15-19-31-30(29)18-16-28-23-40-36(24-35(28)31)33-10-6-8-12-38(33)42(40,3)4/h5-24H,1-4H3. The molecule has 0 N–H and O–H groups in total. The number of hydrogen-bond acceptors (Lipinski definition) is 0. The van der Waals surface area contributed by atoms with Gasteiger partial charge in [0.2, 0.25) is 0 Å². The number of rotatable bonds is 1. The Hall–Kier alpha value is -4.68. The summed E-state index contributed by atoms with van der Waals surface area (Å²) in [5.41, 5.74) is 13.8. The Morgan fingerprint density at radius 3 is 1.55 bits per heavy atom. The van der Waals surface area contributed by atoms with Crippen molar-refractivity contribution >= 4 is 32.3 Å². The van der Waals surface area contributed by atoms with Crippen molar-refractivity contribution in [3.63, 3.8) is 0 Å². The van der Waals surface area contributed by atoms with E-state index in [4.69, 9.17) is 0 Å². The van der Waals surface area contributed by atoms with Gasteiger partial charge in [-0.25, -0.2) is 0 Å². The van der Waals surface area contributed by atoms with Crippen LogP contribution in [0.25, 0.3) is 65.7 Å². The Morgan fingerprint density at radius 1 is 0.333 bits per heavy atom. The number of fused-ring (bicyclic) bond motifs is 11. The van der Waals surface area contributed by atoms with E-state index in [9.17, 15) is 0 Å². The second-order valence-electron chi connectivity index (χ2n) is 13.4. The molecule has 0 atom stereocenters. The maximum atomic E-state index is 2.45. The average molecular weight is 537 g/mol. The van der Waals surface area contributed by atoms with Gasteiger partial charge in [-0.1, -0.05) is 125 Å². The summed E-state index contributed by atoms with van der Waals surface area (Å²) >= 11 is 0. The zero-order valence-corrected chi connectivity index (χ0v) is 24.5. The molecule has 0 nitrogen and oxygen atoms in total. The molecule has 0 aliphatic heterocycles. The molecule has 2 aliphatic carbocycles. The Morgan fingerprint density at radius 2 is 0.833 bits per heavy atom. The molecule has 0 spiro atoms. The van der Waals surface area contributed by atoms with Gasteiger partial charge in [0.25, 0.3) is 0 Å². The summed E-state index contributed by atoms with van der Waals surface area (Å²) in [4.78, 5) is 0. The van der Waals surface area contributed by atoms with Crippen LogP contribution in [-0.4, -0.2) is 0 Å². The predicted molar refractivity (Wildman–Crippen MR) is 180 cm³/mol. The fourth-order valence-electron chi connectivity index (χ4n) is 8.14. The predicted octanol–water partition coefficient (Wildman–Crippen LogP) is 11.4. The summed E-state index contributed by atoms with van der Waals surface area (Å²) in [6, 6.07) is 46.0. The van der Waals surface area contributed by atoms with Crippen molar-refractivity contribution in [2.24, 2.45) is 0 Å². The van der Waals surface area contributed by atoms with Gasteiger partial charge < -0.3 is 0 Å². The fourth-order valence-corrected chi connectivity index (χ4v) is 8.14. The van der Waals surface area contributed by atoms with Crippen LogP contribution in [0.4, 0.5) is 0 Å². The molecule has 0 unspecified atom stereocenters. The Labute approximate surface area is 247 Å². The molecule has 2 aliphatic rings. The number of hydrogen-bond donors (Lipinski definition) is 0. The zero-order valence-electron chi connectivity index (χ0n) is 24.5. The molecule has 0 heterocycles. The summed E-state index contributed by atoms with van der Waals surface area (Å²) in [6.07, 6.45) is 0. The lowest BCUT2D eigenvalue weighted by atomic mass is 9.81. The third-order valence-electron chi connectivity index (χ3n) is 10.5. The van der Waals surface area contributed by atoms with Crippen LogP contribution in [0.3, 0.4) is 0 Å². The molecule has 0 saturated heterocycles. The second-order valence-corrected chi connectivity index (χ2v) is 13.4. The molecule has 0 saturated carbocycles. The molecular formula is C42H32. The average Bonchev–Trinajstić information content (AvgIpc) is 3.38. The summed E-state index contributed by atoms with van der Waals surface area (Å²) in [5, 5.41) is 7.91. The lowest BCUT2D eigenvalue weighted by molar-refractivity contribution is 0.660. The Kier molecular flexibility index (Phi) is 4.56. The van der Waals surface area contributed by atoms with Crippen LogP contribution in [0, 0.1) is 0 Å². The molecule has 200 valence electrons. The highest BCUT2D eigenvalue weighted by atomic mass is 14.4. The summed E-state index contributed by atoms with van der Waals surface area (Å²) in [7, 11) is 0. The van der Waals surface area contributed by atoms with Gasteiger partial charge in [0.05, 0.1) is 0 Å². The van der Waals surface area contributed by atoms with Gasteiger partial charge in [-0.3, -0.25) is 0 Å². The smallest absolute Gasteiger partial charge is 0.0159 e. The topological polar surface area (TPSA) is 0 Å². The van der Waals surface area contributed by atoms with Gasteiger partial charge in [0, 0.05) is 10.8 Å². The molecule has 0 radical (unpaired) electrons. The van der Waals surface area contributed by atoms with Crippen LogP contribution in [0.2, 0.25) is 0 Å². The largest absolute Gasteiger partial charge is 0.0619 e.